The zero-order chi connectivity index (χ0) is 20.9. The summed E-state index contributed by atoms with van der Waals surface area (Å²) in [4.78, 5) is 0. The third-order valence-electron chi connectivity index (χ3n) is 5.12. The Bertz CT molecular complexity index is 1090. The van der Waals surface area contributed by atoms with Crippen molar-refractivity contribution in [2.75, 3.05) is 13.2 Å². The molecule has 0 fully saturated rings. The zero-order valence-corrected chi connectivity index (χ0v) is 18.0. The van der Waals surface area contributed by atoms with Gasteiger partial charge in [-0.2, -0.15) is 0 Å². The van der Waals surface area contributed by atoms with Gasteiger partial charge in [0.2, 0.25) is 0 Å². The minimum absolute atomic E-state index is 0.212. The van der Waals surface area contributed by atoms with Crippen molar-refractivity contribution in [3.8, 4) is 17.0 Å². The predicted molar refractivity (Wildman–Crippen MR) is 121 cm³/mol. The minimum atomic E-state index is -0.607. The highest BCUT2D eigenvalue weighted by atomic mass is 32.1. The quantitative estimate of drug-likeness (QED) is 0.381. The van der Waals surface area contributed by atoms with E-state index in [1.165, 1.54) is 11.1 Å². The molecule has 30 heavy (non-hydrogen) atoms. The zero-order valence-electron chi connectivity index (χ0n) is 17.2. The number of benzene rings is 2. The minimum Gasteiger partial charge on any atom is -0.491 e. The van der Waals surface area contributed by atoms with Gasteiger partial charge in [-0.1, -0.05) is 54.0 Å². The number of aromatic nitrogens is 1. The van der Waals surface area contributed by atoms with E-state index in [1.54, 1.807) is 11.3 Å². The van der Waals surface area contributed by atoms with Crippen LogP contribution in [0.2, 0.25) is 0 Å². The number of nitrogens with zero attached hydrogens (tertiary/aromatic N) is 1. The van der Waals surface area contributed by atoms with Crippen molar-refractivity contribution in [2.45, 2.75) is 32.4 Å². The lowest BCUT2D eigenvalue weighted by molar-refractivity contribution is 0.103. The summed E-state index contributed by atoms with van der Waals surface area (Å²) < 4.78 is 12.2. The molecule has 0 amide bonds. The summed E-state index contributed by atoms with van der Waals surface area (Å²) in [6.07, 6.45) is 0.345. The van der Waals surface area contributed by atoms with E-state index in [0.29, 0.717) is 12.3 Å². The van der Waals surface area contributed by atoms with E-state index in [1.807, 2.05) is 35.7 Å². The van der Waals surface area contributed by atoms with Gasteiger partial charge in [-0.15, -0.1) is 11.3 Å². The molecule has 0 radical (unpaired) electrons. The summed E-state index contributed by atoms with van der Waals surface area (Å²) in [5.41, 5.74) is 5.02. The topological polar surface area (TPSA) is 67.5 Å². The van der Waals surface area contributed by atoms with Crippen molar-refractivity contribution in [1.82, 2.24) is 10.5 Å². The number of hydrogen-bond acceptors (Lipinski definition) is 6. The first kappa shape index (κ1) is 20.6. The van der Waals surface area contributed by atoms with E-state index in [-0.39, 0.29) is 12.6 Å². The molecule has 0 saturated carbocycles. The first-order valence-electron chi connectivity index (χ1n) is 10.2. The molecule has 2 heterocycles. The molecule has 0 bridgehead atoms. The Labute approximate surface area is 180 Å². The highest BCUT2D eigenvalue weighted by Crippen LogP contribution is 2.33. The van der Waals surface area contributed by atoms with Crippen molar-refractivity contribution in [3.63, 3.8) is 0 Å². The molecule has 2 atom stereocenters. The third kappa shape index (κ3) is 4.73. The van der Waals surface area contributed by atoms with Crippen LogP contribution in [0.1, 0.15) is 30.5 Å². The van der Waals surface area contributed by atoms with Crippen LogP contribution in [0.5, 0.6) is 5.75 Å². The Kier molecular flexibility index (Phi) is 6.47. The van der Waals surface area contributed by atoms with Gasteiger partial charge >= 0.3 is 0 Å². The molecular weight excluding hydrogens is 396 g/mol. The van der Waals surface area contributed by atoms with Crippen molar-refractivity contribution in [2.24, 2.45) is 0 Å². The Morgan fingerprint density at radius 1 is 1.17 bits per heavy atom. The van der Waals surface area contributed by atoms with Gasteiger partial charge in [0, 0.05) is 18.2 Å². The second-order valence-electron chi connectivity index (χ2n) is 7.42. The maximum atomic E-state index is 10.4. The fourth-order valence-corrected chi connectivity index (χ4v) is 4.24. The second kappa shape index (κ2) is 9.43. The van der Waals surface area contributed by atoms with Crippen LogP contribution < -0.4 is 10.1 Å². The van der Waals surface area contributed by atoms with Crippen LogP contribution in [0.25, 0.3) is 21.5 Å². The summed E-state index contributed by atoms with van der Waals surface area (Å²) in [6.45, 7) is 4.90. The van der Waals surface area contributed by atoms with Crippen molar-refractivity contribution in [3.05, 3.63) is 71.1 Å². The van der Waals surface area contributed by atoms with Gasteiger partial charge in [0.05, 0.1) is 0 Å². The fourth-order valence-electron chi connectivity index (χ4n) is 3.42. The average Bonchev–Trinajstić information content (AvgIpc) is 3.38. The van der Waals surface area contributed by atoms with E-state index < -0.39 is 6.10 Å². The molecule has 0 aliphatic rings. The molecule has 4 rings (SSSR count). The molecular formula is C24H26N2O3S. The molecule has 0 aliphatic carbocycles. The maximum absolute atomic E-state index is 10.4. The summed E-state index contributed by atoms with van der Waals surface area (Å²) in [6, 6.07) is 18.4. The molecule has 2 aromatic carbocycles. The fraction of sp³-hybridized carbons (Fsp3) is 0.292. The Morgan fingerprint density at radius 2 is 2.00 bits per heavy atom. The van der Waals surface area contributed by atoms with E-state index in [4.69, 9.17) is 9.26 Å². The molecule has 6 heteroatoms. The Morgan fingerprint density at radius 3 is 2.80 bits per heavy atom. The highest BCUT2D eigenvalue weighted by Gasteiger charge is 2.14. The molecule has 0 aliphatic heterocycles. The smallest absolute Gasteiger partial charge is 0.178 e. The van der Waals surface area contributed by atoms with Crippen LogP contribution in [0.15, 0.2) is 64.5 Å². The lowest BCUT2D eigenvalue weighted by Crippen LogP contribution is -2.33. The van der Waals surface area contributed by atoms with Crippen LogP contribution in [0.4, 0.5) is 0 Å². The van der Waals surface area contributed by atoms with Gasteiger partial charge in [-0.25, -0.2) is 0 Å². The number of ether oxygens (including phenoxy) is 1. The molecule has 0 saturated heterocycles. The first-order valence-corrected chi connectivity index (χ1v) is 11.1. The van der Waals surface area contributed by atoms with Gasteiger partial charge in [-0.05, 0) is 42.5 Å². The lowest BCUT2D eigenvalue weighted by atomic mass is 10.0. The van der Waals surface area contributed by atoms with Gasteiger partial charge < -0.3 is 19.7 Å². The number of aliphatic hydroxyl groups is 1. The van der Waals surface area contributed by atoms with Crippen molar-refractivity contribution < 1.29 is 14.4 Å². The number of rotatable bonds is 9. The van der Waals surface area contributed by atoms with Gasteiger partial charge in [0.1, 0.15) is 28.9 Å². The molecule has 5 nitrogen and oxygen atoms in total. The number of aliphatic hydroxyl groups excluding tert-OH is 1. The van der Waals surface area contributed by atoms with E-state index in [9.17, 15) is 5.11 Å². The summed E-state index contributed by atoms with van der Waals surface area (Å²) in [5.74, 6) is 0.699. The largest absolute Gasteiger partial charge is 0.491 e. The third-order valence-corrected chi connectivity index (χ3v) is 6.02. The Hall–Kier alpha value is -2.67. The van der Waals surface area contributed by atoms with E-state index in [0.717, 1.165) is 28.0 Å². The monoisotopic (exact) mass is 422 g/mol. The molecule has 2 N–H and O–H groups in total. The second-order valence-corrected chi connectivity index (χ2v) is 8.33. The van der Waals surface area contributed by atoms with E-state index in [2.05, 4.69) is 48.6 Å². The van der Waals surface area contributed by atoms with Crippen LogP contribution >= 0.6 is 11.3 Å². The van der Waals surface area contributed by atoms with Crippen LogP contribution in [-0.2, 0) is 0 Å². The highest BCUT2D eigenvalue weighted by molar-refractivity contribution is 7.17. The molecule has 0 spiro atoms. The molecule has 2 unspecified atom stereocenters. The number of aryl methyl sites for hydroxylation is 1. The van der Waals surface area contributed by atoms with E-state index >= 15 is 0 Å². The van der Waals surface area contributed by atoms with Crippen LogP contribution in [-0.4, -0.2) is 29.5 Å². The van der Waals surface area contributed by atoms with Gasteiger partial charge in [0.25, 0.3) is 0 Å². The number of hydrogen-bond donors (Lipinski definition) is 2. The lowest BCUT2D eigenvalue weighted by Gasteiger charge is -2.20. The molecule has 4 aromatic rings. The van der Waals surface area contributed by atoms with Crippen LogP contribution in [0.3, 0.4) is 0 Å². The standard InChI is InChI=1S/C24H26N2O3S/c1-3-21(17-9-7-16(2)8-10-17)25-14-19(27)15-28-20-6-4-5-18(13-20)23-24-22(29-26-23)11-12-30-24/h4-13,19,21,25,27H,3,14-15H2,1-2H3. The summed E-state index contributed by atoms with van der Waals surface area (Å²) in [5, 5.41) is 20.0. The number of thiophene rings is 1. The van der Waals surface area contributed by atoms with Crippen molar-refractivity contribution >= 4 is 21.6 Å². The number of fused-ring (bicyclic) bond motifs is 1. The first-order chi connectivity index (χ1) is 14.6. The molecule has 2 aromatic heterocycles. The van der Waals surface area contributed by atoms with Gasteiger partial charge in [0.15, 0.2) is 5.58 Å². The number of nitrogens with one attached hydrogen (secondary N) is 1. The normalized spacial score (nSPS) is 13.4. The predicted octanol–water partition coefficient (Wildman–Crippen LogP) is 5.35. The SMILES string of the molecule is CCC(NCC(O)COc1cccc(-c2noc3ccsc23)c1)c1ccc(C)cc1. The van der Waals surface area contributed by atoms with Crippen LogP contribution in [0, 0.1) is 6.92 Å². The Balaban J connectivity index is 1.33. The average molecular weight is 423 g/mol. The maximum Gasteiger partial charge on any atom is 0.178 e. The molecule has 156 valence electrons. The van der Waals surface area contributed by atoms with Gasteiger partial charge in [-0.3, -0.25) is 0 Å². The van der Waals surface area contributed by atoms with Crippen molar-refractivity contribution in [1.29, 1.82) is 0 Å². The summed E-state index contributed by atoms with van der Waals surface area (Å²) in [7, 11) is 0. The summed E-state index contributed by atoms with van der Waals surface area (Å²) >= 11 is 1.60.